The van der Waals surface area contributed by atoms with E-state index in [4.69, 9.17) is 28.4 Å². The number of unbranched alkanes of at least 4 members (excludes halogenated alkanes) is 8. The molecule has 1 fully saturated rings. The lowest BCUT2D eigenvalue weighted by atomic mass is 9.98. The summed E-state index contributed by atoms with van der Waals surface area (Å²) in [6, 6.07) is 6.43. The third-order valence-electron chi connectivity index (χ3n) is 7.19. The number of ether oxygens (including phenoxy) is 6. The van der Waals surface area contributed by atoms with Crippen molar-refractivity contribution in [2.45, 2.75) is 136 Å². The van der Waals surface area contributed by atoms with Gasteiger partial charge in [0.1, 0.15) is 18.5 Å². The van der Waals surface area contributed by atoms with E-state index >= 15 is 0 Å². The molecule has 1 amide bonds. The minimum absolute atomic E-state index is 0.108. The standard InChI is InChI=1S/C37H49NO11/c1-6-7-8-9-10-11-12-13-14-15-16-17-18-19-20-33(43)38-30-21-23-31(24-22-30)48-37-36(47-29(5)42)35(46-28(4)41)34(45-27(3)40)32(49-37)25-44-26(2)39/h21-24,32,34-37H,6-8,13-20,25H2,1-5H3,(H,38,43)/t32-,34-,35+,36-,37-/m1/s1. The van der Waals surface area contributed by atoms with Gasteiger partial charge in [0.2, 0.25) is 18.3 Å². The maximum Gasteiger partial charge on any atom is 0.303 e. The van der Waals surface area contributed by atoms with Crippen molar-refractivity contribution in [1.29, 1.82) is 0 Å². The van der Waals surface area contributed by atoms with Crippen LogP contribution in [0.4, 0.5) is 5.69 Å². The van der Waals surface area contributed by atoms with Gasteiger partial charge in [-0.15, -0.1) is 0 Å². The molecule has 1 aliphatic rings. The summed E-state index contributed by atoms with van der Waals surface area (Å²) in [4.78, 5) is 60.0. The van der Waals surface area contributed by atoms with Crippen molar-refractivity contribution in [2.24, 2.45) is 0 Å². The minimum Gasteiger partial charge on any atom is -0.463 e. The predicted octanol–water partition coefficient (Wildman–Crippen LogP) is 5.40. The number of esters is 4. The summed E-state index contributed by atoms with van der Waals surface area (Å²) in [6.45, 7) is 6.40. The Balaban J connectivity index is 1.91. The number of nitrogens with one attached hydrogen (secondary N) is 1. The third kappa shape index (κ3) is 16.9. The molecule has 0 spiro atoms. The van der Waals surface area contributed by atoms with Crippen LogP contribution in [0.3, 0.4) is 0 Å². The van der Waals surface area contributed by atoms with E-state index in [1.807, 2.05) is 0 Å². The molecular formula is C37H49NO11. The number of carbonyl (C=O) groups is 5. The molecule has 0 aliphatic carbocycles. The molecule has 268 valence electrons. The van der Waals surface area contributed by atoms with E-state index in [2.05, 4.69) is 35.9 Å². The Kier molecular flexibility index (Phi) is 19.0. The maximum absolute atomic E-state index is 12.5. The van der Waals surface area contributed by atoms with Gasteiger partial charge >= 0.3 is 23.9 Å². The zero-order valence-electron chi connectivity index (χ0n) is 29.2. The Morgan fingerprint density at radius 2 is 1.24 bits per heavy atom. The molecule has 0 unspecified atom stereocenters. The van der Waals surface area contributed by atoms with Crippen molar-refractivity contribution in [2.75, 3.05) is 11.9 Å². The SMILES string of the molecule is CCCCC#CC#CCCCCCCCCC(=O)Nc1ccc(O[C@@H]2O[C@H](COC(C)=O)[C@@H](OC(C)=O)[C@H](OC(C)=O)[C@H]2OC(C)=O)cc1. The van der Waals surface area contributed by atoms with Crippen molar-refractivity contribution < 1.29 is 52.4 Å². The van der Waals surface area contributed by atoms with Crippen LogP contribution < -0.4 is 10.1 Å². The highest BCUT2D eigenvalue weighted by molar-refractivity contribution is 5.90. The number of benzene rings is 1. The fourth-order valence-electron chi connectivity index (χ4n) is 4.94. The number of rotatable bonds is 18. The highest BCUT2D eigenvalue weighted by atomic mass is 16.7. The Labute approximate surface area is 289 Å². The van der Waals surface area contributed by atoms with Crippen LogP contribution in [0, 0.1) is 23.7 Å². The first-order valence-electron chi connectivity index (χ1n) is 16.8. The van der Waals surface area contributed by atoms with E-state index in [1.54, 1.807) is 24.3 Å². The molecule has 1 aromatic rings. The molecule has 1 N–H and O–H groups in total. The molecular weight excluding hydrogens is 634 g/mol. The second kappa shape index (κ2) is 22.9. The van der Waals surface area contributed by atoms with Crippen LogP contribution in [0.5, 0.6) is 5.75 Å². The van der Waals surface area contributed by atoms with Gasteiger partial charge < -0.3 is 33.7 Å². The smallest absolute Gasteiger partial charge is 0.303 e. The normalized spacial score (nSPS) is 19.5. The molecule has 2 rings (SSSR count). The van der Waals surface area contributed by atoms with Gasteiger partial charge in [-0.05, 0) is 55.4 Å². The number of hydrogen-bond donors (Lipinski definition) is 1. The molecule has 1 aromatic carbocycles. The number of anilines is 1. The van der Waals surface area contributed by atoms with Crippen LogP contribution >= 0.6 is 0 Å². The molecule has 49 heavy (non-hydrogen) atoms. The van der Waals surface area contributed by atoms with Crippen LogP contribution in [0.15, 0.2) is 24.3 Å². The molecule has 1 saturated heterocycles. The highest BCUT2D eigenvalue weighted by Crippen LogP contribution is 2.31. The van der Waals surface area contributed by atoms with E-state index in [9.17, 15) is 24.0 Å². The van der Waals surface area contributed by atoms with E-state index in [0.29, 0.717) is 12.1 Å². The summed E-state index contributed by atoms with van der Waals surface area (Å²) < 4.78 is 33.3. The van der Waals surface area contributed by atoms with Gasteiger partial charge in [-0.25, -0.2) is 0 Å². The summed E-state index contributed by atoms with van der Waals surface area (Å²) in [7, 11) is 0. The van der Waals surface area contributed by atoms with E-state index < -0.39 is 54.6 Å². The second-order valence-corrected chi connectivity index (χ2v) is 11.6. The summed E-state index contributed by atoms with van der Waals surface area (Å²) in [6.07, 6.45) is 4.02. The van der Waals surface area contributed by atoms with Gasteiger partial charge in [0, 0.05) is 52.6 Å². The average molecular weight is 684 g/mol. The summed E-state index contributed by atoms with van der Waals surface area (Å²) in [5.74, 6) is 9.31. The highest BCUT2D eigenvalue weighted by Gasteiger charge is 2.53. The predicted molar refractivity (Wildman–Crippen MR) is 180 cm³/mol. The van der Waals surface area contributed by atoms with Crippen molar-refractivity contribution >= 4 is 35.5 Å². The fourth-order valence-corrected chi connectivity index (χ4v) is 4.94. The molecule has 0 aromatic heterocycles. The Morgan fingerprint density at radius 1 is 0.694 bits per heavy atom. The maximum atomic E-state index is 12.5. The van der Waals surface area contributed by atoms with Gasteiger partial charge in [0.15, 0.2) is 12.2 Å². The second-order valence-electron chi connectivity index (χ2n) is 11.6. The van der Waals surface area contributed by atoms with Gasteiger partial charge in [-0.2, -0.15) is 0 Å². The van der Waals surface area contributed by atoms with Crippen molar-refractivity contribution in [3.05, 3.63) is 24.3 Å². The van der Waals surface area contributed by atoms with Gasteiger partial charge in [0.25, 0.3) is 0 Å². The van der Waals surface area contributed by atoms with Crippen molar-refractivity contribution in [1.82, 2.24) is 0 Å². The molecule has 0 bridgehead atoms. The van der Waals surface area contributed by atoms with Crippen molar-refractivity contribution in [3.8, 4) is 29.4 Å². The molecule has 5 atom stereocenters. The largest absolute Gasteiger partial charge is 0.463 e. The fraction of sp³-hybridized carbons (Fsp3) is 0.595. The molecule has 12 nitrogen and oxygen atoms in total. The lowest BCUT2D eigenvalue weighted by molar-refractivity contribution is -0.288. The molecule has 12 heteroatoms. The van der Waals surface area contributed by atoms with Gasteiger partial charge in [0.05, 0.1) is 0 Å². The van der Waals surface area contributed by atoms with Crippen LogP contribution in [-0.4, -0.2) is 67.1 Å². The Morgan fingerprint density at radius 3 is 1.84 bits per heavy atom. The van der Waals surface area contributed by atoms with E-state index in [-0.39, 0.29) is 18.3 Å². The number of hydrogen-bond acceptors (Lipinski definition) is 11. The first-order chi connectivity index (χ1) is 23.5. The molecule has 1 aliphatic heterocycles. The minimum atomic E-state index is -1.36. The molecule has 1 heterocycles. The van der Waals surface area contributed by atoms with Crippen molar-refractivity contribution in [3.63, 3.8) is 0 Å². The zero-order valence-corrected chi connectivity index (χ0v) is 29.2. The summed E-state index contributed by atoms with van der Waals surface area (Å²) >= 11 is 0. The van der Waals surface area contributed by atoms with Crippen LogP contribution in [-0.2, 0) is 47.7 Å². The Hall–Kier alpha value is -4.55. The lowest BCUT2D eigenvalue weighted by Crippen LogP contribution is -2.63. The van der Waals surface area contributed by atoms with Gasteiger partial charge in [-0.1, -0.05) is 50.9 Å². The monoisotopic (exact) mass is 683 g/mol. The summed E-state index contributed by atoms with van der Waals surface area (Å²) in [5.41, 5.74) is 0.551. The third-order valence-corrected chi connectivity index (χ3v) is 7.19. The average Bonchev–Trinajstić information content (AvgIpc) is 3.03. The zero-order chi connectivity index (χ0) is 36.0. The topological polar surface area (TPSA) is 153 Å². The Bertz CT molecular complexity index is 1350. The molecule has 0 saturated carbocycles. The molecule has 0 radical (unpaired) electrons. The lowest BCUT2D eigenvalue weighted by Gasteiger charge is -2.43. The first kappa shape index (κ1) is 40.6. The van der Waals surface area contributed by atoms with E-state index in [1.165, 1.54) is 6.92 Å². The van der Waals surface area contributed by atoms with Crippen LogP contribution in [0.25, 0.3) is 0 Å². The quantitative estimate of drug-likeness (QED) is 0.0916. The van der Waals surface area contributed by atoms with Gasteiger partial charge in [-0.3, -0.25) is 24.0 Å². The van der Waals surface area contributed by atoms with E-state index in [0.717, 1.165) is 85.0 Å². The number of amides is 1. The van der Waals surface area contributed by atoms with Crippen LogP contribution in [0.2, 0.25) is 0 Å². The first-order valence-corrected chi connectivity index (χ1v) is 16.8. The summed E-state index contributed by atoms with van der Waals surface area (Å²) in [5, 5.41) is 2.87. The van der Waals surface area contributed by atoms with Crippen LogP contribution in [0.1, 0.15) is 105 Å². The number of carbonyl (C=O) groups excluding carboxylic acids is 5.